The van der Waals surface area contributed by atoms with E-state index in [1.165, 1.54) is 5.56 Å². The number of hydrogen-bond acceptors (Lipinski definition) is 5. The van der Waals surface area contributed by atoms with Gasteiger partial charge in [0.05, 0.1) is 12.6 Å². The molecule has 0 saturated heterocycles. The van der Waals surface area contributed by atoms with E-state index in [1.807, 2.05) is 42.6 Å². The predicted molar refractivity (Wildman–Crippen MR) is 114 cm³/mol. The van der Waals surface area contributed by atoms with Gasteiger partial charge in [-0.15, -0.1) is 0 Å². The van der Waals surface area contributed by atoms with Gasteiger partial charge in [0.25, 0.3) is 6.47 Å². The molecule has 1 heterocycles. The second-order valence-corrected chi connectivity index (χ2v) is 7.60. The SMILES string of the molecule is COCCCOc1cc2c(cc1C(OC=O)c1ccccc1)C=NC(C(C)C)C2. The van der Waals surface area contributed by atoms with Crippen LogP contribution < -0.4 is 4.74 Å². The van der Waals surface area contributed by atoms with Gasteiger partial charge in [-0.2, -0.15) is 0 Å². The minimum absolute atomic E-state index is 0.269. The zero-order valence-electron chi connectivity index (χ0n) is 17.3. The monoisotopic (exact) mass is 395 g/mol. The van der Waals surface area contributed by atoms with Crippen molar-refractivity contribution in [1.82, 2.24) is 0 Å². The van der Waals surface area contributed by atoms with E-state index in [0.717, 1.165) is 35.3 Å². The summed E-state index contributed by atoms with van der Waals surface area (Å²) < 4.78 is 16.8. The largest absolute Gasteiger partial charge is 0.493 e. The maximum absolute atomic E-state index is 11.3. The lowest BCUT2D eigenvalue weighted by Crippen LogP contribution is -2.21. The van der Waals surface area contributed by atoms with Crippen molar-refractivity contribution >= 4 is 12.7 Å². The molecule has 0 N–H and O–H groups in total. The van der Waals surface area contributed by atoms with Crippen molar-refractivity contribution in [2.45, 2.75) is 38.8 Å². The minimum atomic E-state index is -0.535. The van der Waals surface area contributed by atoms with Crippen LogP contribution in [0.4, 0.5) is 0 Å². The number of fused-ring (bicyclic) bond motifs is 1. The normalized spacial score (nSPS) is 16.3. The zero-order chi connectivity index (χ0) is 20.6. The first-order valence-electron chi connectivity index (χ1n) is 10.1. The highest BCUT2D eigenvalue weighted by atomic mass is 16.5. The topological polar surface area (TPSA) is 57.1 Å². The summed E-state index contributed by atoms with van der Waals surface area (Å²) in [5.74, 6) is 1.22. The Bertz CT molecular complexity index is 832. The lowest BCUT2D eigenvalue weighted by Gasteiger charge is -2.26. The fraction of sp³-hybridized carbons (Fsp3) is 0.417. The Morgan fingerprint density at radius 2 is 1.97 bits per heavy atom. The van der Waals surface area contributed by atoms with Crippen molar-refractivity contribution in [2.75, 3.05) is 20.3 Å². The van der Waals surface area contributed by atoms with Gasteiger partial charge in [-0.1, -0.05) is 44.2 Å². The average Bonchev–Trinajstić information content (AvgIpc) is 2.74. The molecule has 1 aliphatic rings. The molecule has 0 aliphatic carbocycles. The van der Waals surface area contributed by atoms with Gasteiger partial charge in [-0.25, -0.2) is 0 Å². The maximum Gasteiger partial charge on any atom is 0.294 e. The molecule has 154 valence electrons. The predicted octanol–water partition coefficient (Wildman–Crippen LogP) is 4.36. The fourth-order valence-corrected chi connectivity index (χ4v) is 3.55. The molecular formula is C24H29NO4. The summed E-state index contributed by atoms with van der Waals surface area (Å²) in [7, 11) is 1.68. The van der Waals surface area contributed by atoms with Crippen LogP contribution in [0.15, 0.2) is 47.5 Å². The van der Waals surface area contributed by atoms with Crippen LogP contribution in [0, 0.1) is 5.92 Å². The van der Waals surface area contributed by atoms with Crippen LogP contribution in [-0.4, -0.2) is 39.1 Å². The molecule has 0 radical (unpaired) electrons. The molecule has 0 bridgehead atoms. The Kier molecular flexibility index (Phi) is 7.42. The third-order valence-corrected chi connectivity index (χ3v) is 5.20. The lowest BCUT2D eigenvalue weighted by atomic mass is 9.89. The molecule has 29 heavy (non-hydrogen) atoms. The third kappa shape index (κ3) is 5.24. The molecule has 5 nitrogen and oxygen atoms in total. The molecule has 2 aromatic carbocycles. The second-order valence-electron chi connectivity index (χ2n) is 7.60. The third-order valence-electron chi connectivity index (χ3n) is 5.20. The number of hydrogen-bond donors (Lipinski definition) is 0. The summed E-state index contributed by atoms with van der Waals surface area (Å²) in [6.45, 7) is 6.04. The minimum Gasteiger partial charge on any atom is -0.493 e. The van der Waals surface area contributed by atoms with E-state index in [1.54, 1.807) is 7.11 Å². The van der Waals surface area contributed by atoms with E-state index < -0.39 is 6.10 Å². The molecule has 0 saturated carbocycles. The number of carbonyl (C=O) groups excluding carboxylic acids is 1. The van der Waals surface area contributed by atoms with Crippen LogP contribution in [0.3, 0.4) is 0 Å². The van der Waals surface area contributed by atoms with Crippen molar-refractivity contribution in [2.24, 2.45) is 10.9 Å². The van der Waals surface area contributed by atoms with Crippen molar-refractivity contribution in [1.29, 1.82) is 0 Å². The molecule has 0 fully saturated rings. The van der Waals surface area contributed by atoms with Gasteiger partial charge in [-0.3, -0.25) is 9.79 Å². The Balaban J connectivity index is 2.00. The standard InChI is InChI=1S/C24H29NO4/c1-17(2)22-13-19-14-23(28-11-7-10-27-3)21(12-20(19)15-25-22)24(29-16-26)18-8-5-4-6-9-18/h4-6,8-9,12,14-17,22,24H,7,10-11,13H2,1-3H3. The Hall–Kier alpha value is -2.66. The van der Waals surface area contributed by atoms with Crippen molar-refractivity contribution in [3.63, 3.8) is 0 Å². The van der Waals surface area contributed by atoms with E-state index in [9.17, 15) is 4.79 Å². The molecule has 1 aliphatic heterocycles. The van der Waals surface area contributed by atoms with Crippen LogP contribution in [0.25, 0.3) is 0 Å². The van der Waals surface area contributed by atoms with E-state index in [0.29, 0.717) is 25.6 Å². The van der Waals surface area contributed by atoms with Crippen LogP contribution in [0.5, 0.6) is 5.75 Å². The molecular weight excluding hydrogens is 366 g/mol. The highest BCUT2D eigenvalue weighted by molar-refractivity contribution is 5.84. The lowest BCUT2D eigenvalue weighted by molar-refractivity contribution is -0.132. The summed E-state index contributed by atoms with van der Waals surface area (Å²) in [4.78, 5) is 16.0. The Morgan fingerprint density at radius 3 is 2.66 bits per heavy atom. The highest BCUT2D eigenvalue weighted by Crippen LogP contribution is 2.36. The summed E-state index contributed by atoms with van der Waals surface area (Å²) in [6, 6.07) is 14.1. The van der Waals surface area contributed by atoms with Gasteiger partial charge in [0.2, 0.25) is 0 Å². The number of methoxy groups -OCH3 is 1. The molecule has 2 aromatic rings. The van der Waals surface area contributed by atoms with Crippen LogP contribution in [-0.2, 0) is 20.7 Å². The molecule has 5 heteroatoms. The first-order chi connectivity index (χ1) is 14.1. The zero-order valence-corrected chi connectivity index (χ0v) is 17.3. The summed E-state index contributed by atoms with van der Waals surface area (Å²) in [6.07, 6.45) is 3.06. The highest BCUT2D eigenvalue weighted by Gasteiger charge is 2.25. The van der Waals surface area contributed by atoms with Crippen LogP contribution >= 0.6 is 0 Å². The summed E-state index contributed by atoms with van der Waals surface area (Å²) in [5, 5.41) is 0. The summed E-state index contributed by atoms with van der Waals surface area (Å²) in [5.41, 5.74) is 3.99. The molecule has 0 spiro atoms. The van der Waals surface area contributed by atoms with E-state index in [-0.39, 0.29) is 6.04 Å². The van der Waals surface area contributed by atoms with Crippen molar-refractivity contribution < 1.29 is 19.0 Å². The molecule has 2 unspecified atom stereocenters. The van der Waals surface area contributed by atoms with Gasteiger partial charge >= 0.3 is 0 Å². The number of aliphatic imine (C=N–C) groups is 1. The van der Waals surface area contributed by atoms with E-state index in [4.69, 9.17) is 19.2 Å². The van der Waals surface area contributed by atoms with E-state index >= 15 is 0 Å². The van der Waals surface area contributed by atoms with Crippen LogP contribution in [0.2, 0.25) is 0 Å². The number of carbonyl (C=O) groups is 1. The van der Waals surface area contributed by atoms with Gasteiger partial charge in [0, 0.05) is 31.9 Å². The molecule has 2 atom stereocenters. The molecule has 3 rings (SSSR count). The second kappa shape index (κ2) is 10.2. The Morgan fingerprint density at radius 1 is 1.17 bits per heavy atom. The number of rotatable bonds is 10. The van der Waals surface area contributed by atoms with E-state index in [2.05, 4.69) is 19.9 Å². The average molecular weight is 395 g/mol. The van der Waals surface area contributed by atoms with Crippen molar-refractivity contribution in [3.05, 3.63) is 64.7 Å². The van der Waals surface area contributed by atoms with Gasteiger partial charge < -0.3 is 14.2 Å². The number of nitrogens with zero attached hydrogens (tertiary/aromatic N) is 1. The fourth-order valence-electron chi connectivity index (χ4n) is 3.55. The smallest absolute Gasteiger partial charge is 0.294 e. The first-order valence-corrected chi connectivity index (χ1v) is 10.1. The van der Waals surface area contributed by atoms with Gasteiger partial charge in [0.15, 0.2) is 6.10 Å². The summed E-state index contributed by atoms with van der Waals surface area (Å²) >= 11 is 0. The Labute approximate surface area is 172 Å². The van der Waals surface area contributed by atoms with Crippen molar-refractivity contribution in [3.8, 4) is 5.75 Å². The van der Waals surface area contributed by atoms with Gasteiger partial charge in [-0.05, 0) is 41.2 Å². The van der Waals surface area contributed by atoms with Crippen LogP contribution in [0.1, 0.15) is 48.6 Å². The maximum atomic E-state index is 11.3. The first kappa shape index (κ1) is 21.1. The number of benzene rings is 2. The van der Waals surface area contributed by atoms with Gasteiger partial charge in [0.1, 0.15) is 5.75 Å². The molecule has 0 aromatic heterocycles. The quantitative estimate of drug-likeness (QED) is 0.443. The molecule has 0 amide bonds. The number of ether oxygens (including phenoxy) is 3.